The summed E-state index contributed by atoms with van der Waals surface area (Å²) in [5.74, 6) is -0.504. The van der Waals surface area contributed by atoms with Crippen molar-refractivity contribution < 1.29 is 4.79 Å². The van der Waals surface area contributed by atoms with E-state index in [1.165, 1.54) is 11.3 Å². The third kappa shape index (κ3) is 3.46. The molecule has 0 unspecified atom stereocenters. The fourth-order valence-corrected chi connectivity index (χ4v) is 2.87. The summed E-state index contributed by atoms with van der Waals surface area (Å²) >= 11 is 1.52. The van der Waals surface area contributed by atoms with E-state index in [2.05, 4.69) is 15.3 Å². The monoisotopic (exact) mass is 308 g/mol. The molecule has 7 nitrogen and oxygen atoms in total. The van der Waals surface area contributed by atoms with Crippen molar-refractivity contribution >= 4 is 17.2 Å². The molecule has 0 radical (unpaired) electrons. The van der Waals surface area contributed by atoms with Crippen LogP contribution in [-0.4, -0.2) is 20.9 Å². The van der Waals surface area contributed by atoms with E-state index in [1.807, 2.05) is 25.8 Å². The number of nitrogens with zero attached hydrogens (tertiary/aromatic N) is 1. The largest absolute Gasteiger partial charge is 0.342 e. The highest BCUT2D eigenvalue weighted by Crippen LogP contribution is 2.24. The summed E-state index contributed by atoms with van der Waals surface area (Å²) in [4.78, 5) is 44.4. The lowest BCUT2D eigenvalue weighted by Crippen LogP contribution is -2.33. The van der Waals surface area contributed by atoms with Crippen molar-refractivity contribution in [2.45, 2.75) is 33.2 Å². The summed E-state index contributed by atoms with van der Waals surface area (Å²) in [6.07, 6.45) is 0.658. The minimum Gasteiger partial charge on any atom is -0.342 e. The smallest absolute Gasteiger partial charge is 0.326 e. The lowest BCUT2D eigenvalue weighted by molar-refractivity contribution is 0.0929. The van der Waals surface area contributed by atoms with Crippen LogP contribution in [0.25, 0.3) is 0 Å². The van der Waals surface area contributed by atoms with Crippen molar-refractivity contribution in [2.24, 2.45) is 0 Å². The molecule has 112 valence electrons. The van der Waals surface area contributed by atoms with Crippen LogP contribution in [0, 0.1) is 13.8 Å². The number of thiazole rings is 1. The number of hydrogen-bond donors (Lipinski definition) is 3. The van der Waals surface area contributed by atoms with E-state index in [0.717, 1.165) is 21.6 Å². The number of aromatic nitrogens is 3. The highest BCUT2D eigenvalue weighted by Gasteiger charge is 2.19. The average molecular weight is 308 g/mol. The lowest BCUT2D eigenvalue weighted by Gasteiger charge is -2.14. The minimum absolute atomic E-state index is 0.0628. The van der Waals surface area contributed by atoms with Crippen molar-refractivity contribution in [1.29, 1.82) is 0 Å². The van der Waals surface area contributed by atoms with Gasteiger partial charge in [-0.2, -0.15) is 0 Å². The zero-order valence-corrected chi connectivity index (χ0v) is 12.8. The number of amides is 1. The standard InChI is InChI=1S/C13H16N4O3S/c1-4-8(12-14-6(2)7(3)21-12)15-11(19)9-5-10(18)17-13(20)16-9/h5,8H,4H2,1-3H3,(H,15,19)(H2,16,17,18,20)/t8-/m0/s1. The third-order valence-corrected chi connectivity index (χ3v) is 4.25. The Kier molecular flexibility index (Phi) is 4.37. The van der Waals surface area contributed by atoms with E-state index in [-0.39, 0.29) is 11.7 Å². The van der Waals surface area contributed by atoms with Gasteiger partial charge in [-0.05, 0) is 20.3 Å². The molecule has 2 aromatic rings. The first-order valence-electron chi connectivity index (χ1n) is 6.49. The van der Waals surface area contributed by atoms with Gasteiger partial charge >= 0.3 is 5.69 Å². The molecule has 0 aromatic carbocycles. The minimum atomic E-state index is -0.707. The van der Waals surface area contributed by atoms with Crippen LogP contribution < -0.4 is 16.6 Å². The number of H-pyrrole nitrogens is 2. The molecule has 21 heavy (non-hydrogen) atoms. The zero-order valence-electron chi connectivity index (χ0n) is 11.9. The second-order valence-corrected chi connectivity index (χ2v) is 5.86. The molecule has 0 saturated carbocycles. The Morgan fingerprint density at radius 1 is 1.38 bits per heavy atom. The Morgan fingerprint density at radius 2 is 2.10 bits per heavy atom. The third-order valence-electron chi connectivity index (χ3n) is 3.06. The Hall–Kier alpha value is -2.22. The van der Waals surface area contributed by atoms with E-state index >= 15 is 0 Å². The Bertz CT molecular complexity index is 726. The summed E-state index contributed by atoms with van der Waals surface area (Å²) in [6, 6.07) is 0.805. The van der Waals surface area contributed by atoms with Crippen molar-refractivity contribution in [3.63, 3.8) is 0 Å². The Morgan fingerprint density at radius 3 is 2.62 bits per heavy atom. The number of rotatable bonds is 4. The van der Waals surface area contributed by atoms with Gasteiger partial charge in [-0.25, -0.2) is 9.78 Å². The van der Waals surface area contributed by atoms with Gasteiger partial charge in [0.25, 0.3) is 11.5 Å². The van der Waals surface area contributed by atoms with Crippen LogP contribution in [-0.2, 0) is 0 Å². The fraction of sp³-hybridized carbons (Fsp3) is 0.385. The first-order valence-corrected chi connectivity index (χ1v) is 7.30. The van der Waals surface area contributed by atoms with Gasteiger partial charge in [-0.15, -0.1) is 11.3 Å². The highest BCUT2D eigenvalue weighted by atomic mass is 32.1. The van der Waals surface area contributed by atoms with Crippen LogP contribution in [0.15, 0.2) is 15.7 Å². The number of carbonyl (C=O) groups is 1. The highest BCUT2D eigenvalue weighted by molar-refractivity contribution is 7.11. The van der Waals surface area contributed by atoms with Crippen LogP contribution in [0.5, 0.6) is 0 Å². The van der Waals surface area contributed by atoms with Crippen molar-refractivity contribution in [3.05, 3.63) is 48.2 Å². The van der Waals surface area contributed by atoms with Crippen LogP contribution in [0.1, 0.15) is 45.5 Å². The van der Waals surface area contributed by atoms with E-state index in [0.29, 0.717) is 6.42 Å². The van der Waals surface area contributed by atoms with Gasteiger partial charge in [0.05, 0.1) is 11.7 Å². The molecule has 2 heterocycles. The summed E-state index contributed by atoms with van der Waals surface area (Å²) in [5.41, 5.74) is -0.445. The molecule has 0 saturated heterocycles. The molecule has 8 heteroatoms. The van der Waals surface area contributed by atoms with Gasteiger partial charge < -0.3 is 10.3 Å². The van der Waals surface area contributed by atoms with Crippen LogP contribution in [0.4, 0.5) is 0 Å². The number of nitrogens with one attached hydrogen (secondary N) is 3. The summed E-state index contributed by atoms with van der Waals surface area (Å²) < 4.78 is 0. The maximum absolute atomic E-state index is 12.1. The van der Waals surface area contributed by atoms with Crippen molar-refractivity contribution in [2.75, 3.05) is 0 Å². The normalized spacial score (nSPS) is 12.1. The van der Waals surface area contributed by atoms with Crippen molar-refractivity contribution in [3.8, 4) is 0 Å². The molecule has 2 aromatic heterocycles. The zero-order chi connectivity index (χ0) is 15.6. The Balaban J connectivity index is 2.23. The maximum atomic E-state index is 12.1. The molecule has 0 aliphatic carbocycles. The van der Waals surface area contributed by atoms with E-state index < -0.39 is 17.2 Å². The second kappa shape index (κ2) is 6.04. The maximum Gasteiger partial charge on any atom is 0.326 e. The summed E-state index contributed by atoms with van der Waals surface area (Å²) in [5, 5.41) is 3.59. The molecule has 0 spiro atoms. The molecule has 0 aliphatic rings. The lowest BCUT2D eigenvalue weighted by atomic mass is 10.2. The molecule has 0 bridgehead atoms. The molecule has 1 amide bonds. The van der Waals surface area contributed by atoms with Crippen LogP contribution >= 0.6 is 11.3 Å². The number of hydrogen-bond acceptors (Lipinski definition) is 5. The predicted octanol–water partition coefficient (Wildman–Crippen LogP) is 1.02. The fourth-order valence-electron chi connectivity index (χ4n) is 1.81. The molecule has 3 N–H and O–H groups in total. The molecule has 1 atom stereocenters. The first-order chi connectivity index (χ1) is 9.90. The number of carbonyl (C=O) groups excluding carboxylic acids is 1. The van der Waals surface area contributed by atoms with Gasteiger partial charge in [-0.3, -0.25) is 14.6 Å². The SMILES string of the molecule is CC[C@H](NC(=O)c1cc(=O)[nH]c(=O)[nH]1)c1nc(C)c(C)s1. The first kappa shape index (κ1) is 15.2. The number of aryl methyl sites for hydroxylation is 2. The van der Waals surface area contributed by atoms with Gasteiger partial charge in [0.2, 0.25) is 0 Å². The van der Waals surface area contributed by atoms with Gasteiger partial charge in [0.15, 0.2) is 0 Å². The quantitative estimate of drug-likeness (QED) is 0.783. The molecular formula is C13H16N4O3S. The predicted molar refractivity (Wildman–Crippen MR) is 79.8 cm³/mol. The summed E-state index contributed by atoms with van der Waals surface area (Å²) in [6.45, 7) is 5.81. The molecular weight excluding hydrogens is 292 g/mol. The van der Waals surface area contributed by atoms with Crippen LogP contribution in [0.3, 0.4) is 0 Å². The van der Waals surface area contributed by atoms with E-state index in [4.69, 9.17) is 0 Å². The second-order valence-electron chi connectivity index (χ2n) is 4.63. The van der Waals surface area contributed by atoms with Crippen molar-refractivity contribution in [1.82, 2.24) is 20.3 Å². The summed E-state index contributed by atoms with van der Waals surface area (Å²) in [7, 11) is 0. The average Bonchev–Trinajstić information content (AvgIpc) is 2.74. The molecule has 0 aliphatic heterocycles. The van der Waals surface area contributed by atoms with Crippen LogP contribution in [0.2, 0.25) is 0 Å². The van der Waals surface area contributed by atoms with Gasteiger partial charge in [0, 0.05) is 10.9 Å². The molecule has 2 rings (SSSR count). The number of aromatic amines is 2. The van der Waals surface area contributed by atoms with Gasteiger partial charge in [0.1, 0.15) is 10.7 Å². The van der Waals surface area contributed by atoms with Gasteiger partial charge in [-0.1, -0.05) is 6.92 Å². The molecule has 0 fully saturated rings. The van der Waals surface area contributed by atoms with E-state index in [1.54, 1.807) is 0 Å². The topological polar surface area (TPSA) is 108 Å². The van der Waals surface area contributed by atoms with E-state index in [9.17, 15) is 14.4 Å². The Labute approximate surface area is 124 Å².